The second kappa shape index (κ2) is 4.83. The molecule has 3 nitrogen and oxygen atoms in total. The van der Waals surface area contributed by atoms with Gasteiger partial charge < -0.3 is 9.73 Å². The number of nitrogens with one attached hydrogen (secondary N) is 1. The van der Waals surface area contributed by atoms with Crippen molar-refractivity contribution in [1.82, 2.24) is 10.2 Å². The van der Waals surface area contributed by atoms with E-state index in [1.54, 1.807) is 6.26 Å². The van der Waals surface area contributed by atoms with Gasteiger partial charge in [0.15, 0.2) is 0 Å². The van der Waals surface area contributed by atoms with Crippen LogP contribution in [0.15, 0.2) is 22.8 Å². The fraction of sp³-hybridized carbons (Fsp3) is 0.714. The highest BCUT2D eigenvalue weighted by Crippen LogP contribution is 2.30. The van der Waals surface area contributed by atoms with Gasteiger partial charge >= 0.3 is 0 Å². The maximum absolute atomic E-state index is 5.48. The van der Waals surface area contributed by atoms with Crippen LogP contribution in [-0.2, 0) is 6.54 Å². The molecule has 0 bridgehead atoms. The highest BCUT2D eigenvalue weighted by Gasteiger charge is 2.33. The van der Waals surface area contributed by atoms with Crippen LogP contribution in [-0.4, -0.2) is 30.6 Å². The summed E-state index contributed by atoms with van der Waals surface area (Å²) in [6, 6.07) is 4.89. The molecule has 3 rings (SSSR count). The zero-order valence-corrected chi connectivity index (χ0v) is 10.6. The molecule has 3 heteroatoms. The average Bonchev–Trinajstić information content (AvgIpc) is 2.91. The Kier molecular flexibility index (Phi) is 3.21. The van der Waals surface area contributed by atoms with Crippen LogP contribution in [0.1, 0.15) is 25.5 Å². The summed E-state index contributed by atoms with van der Waals surface area (Å²) in [4.78, 5) is 2.62. The number of hydrogen-bond donors (Lipinski definition) is 1. The maximum Gasteiger partial charge on any atom is 0.117 e. The first-order chi connectivity index (χ1) is 8.33. The van der Waals surface area contributed by atoms with E-state index in [0.29, 0.717) is 0 Å². The summed E-state index contributed by atoms with van der Waals surface area (Å²) in [7, 11) is 0. The Morgan fingerprint density at radius 2 is 2.29 bits per heavy atom. The maximum atomic E-state index is 5.48. The Bertz CT molecular complexity index is 345. The molecule has 1 saturated heterocycles. The number of hydrogen-bond acceptors (Lipinski definition) is 3. The molecule has 94 valence electrons. The van der Waals surface area contributed by atoms with E-state index >= 15 is 0 Å². The molecule has 1 aliphatic heterocycles. The number of nitrogens with zero attached hydrogens (tertiary/aromatic N) is 1. The van der Waals surface area contributed by atoms with E-state index in [2.05, 4.69) is 23.2 Å². The van der Waals surface area contributed by atoms with Gasteiger partial charge in [0.1, 0.15) is 5.76 Å². The van der Waals surface area contributed by atoms with E-state index in [1.165, 1.54) is 32.5 Å². The molecule has 2 unspecified atom stereocenters. The van der Waals surface area contributed by atoms with Crippen LogP contribution < -0.4 is 5.32 Å². The van der Waals surface area contributed by atoms with E-state index in [1.807, 2.05) is 6.07 Å². The van der Waals surface area contributed by atoms with Crippen molar-refractivity contribution in [3.05, 3.63) is 24.2 Å². The fourth-order valence-electron chi connectivity index (χ4n) is 2.80. The van der Waals surface area contributed by atoms with Crippen LogP contribution >= 0.6 is 0 Å². The predicted octanol–water partition coefficient (Wildman–Crippen LogP) is 2.10. The van der Waals surface area contributed by atoms with Gasteiger partial charge in [-0.15, -0.1) is 0 Å². The number of rotatable bonds is 5. The van der Waals surface area contributed by atoms with Gasteiger partial charge in [-0.25, -0.2) is 0 Å². The smallest absolute Gasteiger partial charge is 0.117 e. The summed E-state index contributed by atoms with van der Waals surface area (Å²) in [5.41, 5.74) is 0. The summed E-state index contributed by atoms with van der Waals surface area (Å²) in [6.07, 6.45) is 4.52. The monoisotopic (exact) mass is 234 g/mol. The van der Waals surface area contributed by atoms with Gasteiger partial charge in [-0.2, -0.15) is 0 Å². The minimum atomic E-state index is 0.811. The van der Waals surface area contributed by atoms with Crippen molar-refractivity contribution in [2.24, 2.45) is 11.8 Å². The van der Waals surface area contributed by atoms with Crippen molar-refractivity contribution in [1.29, 1.82) is 0 Å². The van der Waals surface area contributed by atoms with Crippen molar-refractivity contribution in [3.8, 4) is 0 Å². The van der Waals surface area contributed by atoms with Crippen LogP contribution in [0.25, 0.3) is 0 Å². The van der Waals surface area contributed by atoms with Gasteiger partial charge in [0, 0.05) is 12.6 Å². The van der Waals surface area contributed by atoms with Gasteiger partial charge in [0.2, 0.25) is 0 Å². The number of furan rings is 1. The lowest BCUT2D eigenvalue weighted by Gasteiger charge is -2.26. The molecule has 2 atom stereocenters. The van der Waals surface area contributed by atoms with E-state index < -0.39 is 0 Å². The van der Waals surface area contributed by atoms with Crippen LogP contribution in [0.2, 0.25) is 0 Å². The third-order valence-corrected chi connectivity index (χ3v) is 4.15. The first-order valence-corrected chi connectivity index (χ1v) is 6.80. The van der Waals surface area contributed by atoms with Crippen LogP contribution in [0.5, 0.6) is 0 Å². The van der Waals surface area contributed by atoms with E-state index in [4.69, 9.17) is 4.42 Å². The van der Waals surface area contributed by atoms with Crippen molar-refractivity contribution >= 4 is 0 Å². The molecular weight excluding hydrogens is 212 g/mol. The molecule has 17 heavy (non-hydrogen) atoms. The minimum Gasteiger partial charge on any atom is -0.468 e. The first kappa shape index (κ1) is 11.3. The van der Waals surface area contributed by atoms with Crippen molar-refractivity contribution in [2.75, 3.05) is 19.6 Å². The van der Waals surface area contributed by atoms with Gasteiger partial charge in [-0.05, 0) is 49.9 Å². The van der Waals surface area contributed by atoms with Gasteiger partial charge in [0.25, 0.3) is 0 Å². The Morgan fingerprint density at radius 1 is 1.41 bits per heavy atom. The summed E-state index contributed by atoms with van der Waals surface area (Å²) < 4.78 is 5.48. The standard InChI is InChI=1S/C14H22N2O/c1-11-7-15-8-12(11)9-16(13-4-5-13)10-14-3-2-6-17-14/h2-3,6,11-13,15H,4-5,7-10H2,1H3. The lowest BCUT2D eigenvalue weighted by atomic mass is 9.97. The lowest BCUT2D eigenvalue weighted by Crippen LogP contribution is -2.33. The Labute approximate surface area is 103 Å². The molecule has 2 heterocycles. The topological polar surface area (TPSA) is 28.4 Å². The van der Waals surface area contributed by atoms with E-state index in [0.717, 1.165) is 30.2 Å². The van der Waals surface area contributed by atoms with E-state index in [-0.39, 0.29) is 0 Å². The molecule has 0 radical (unpaired) electrons. The third-order valence-electron chi connectivity index (χ3n) is 4.15. The van der Waals surface area contributed by atoms with Gasteiger partial charge in [0.05, 0.1) is 12.8 Å². The Hall–Kier alpha value is -0.800. The average molecular weight is 234 g/mol. The molecule has 1 aliphatic carbocycles. The zero-order valence-electron chi connectivity index (χ0n) is 10.6. The molecule has 1 N–H and O–H groups in total. The predicted molar refractivity (Wildman–Crippen MR) is 67.7 cm³/mol. The van der Waals surface area contributed by atoms with Gasteiger partial charge in [-0.3, -0.25) is 4.90 Å². The molecule has 1 aromatic heterocycles. The highest BCUT2D eigenvalue weighted by atomic mass is 16.3. The first-order valence-electron chi connectivity index (χ1n) is 6.80. The molecule has 2 fully saturated rings. The summed E-state index contributed by atoms with van der Waals surface area (Å²) >= 11 is 0. The van der Waals surface area contributed by atoms with Crippen molar-refractivity contribution < 1.29 is 4.42 Å². The lowest BCUT2D eigenvalue weighted by molar-refractivity contribution is 0.188. The molecule has 1 saturated carbocycles. The van der Waals surface area contributed by atoms with Crippen LogP contribution in [0.4, 0.5) is 0 Å². The normalized spacial score (nSPS) is 29.1. The highest BCUT2D eigenvalue weighted by molar-refractivity contribution is 5.00. The Morgan fingerprint density at radius 3 is 2.88 bits per heavy atom. The van der Waals surface area contributed by atoms with Crippen LogP contribution in [0, 0.1) is 11.8 Å². The summed E-state index contributed by atoms with van der Waals surface area (Å²) in [5, 5.41) is 3.50. The molecule has 0 aromatic carbocycles. The molecule has 0 amide bonds. The fourth-order valence-corrected chi connectivity index (χ4v) is 2.80. The quantitative estimate of drug-likeness (QED) is 0.845. The van der Waals surface area contributed by atoms with Crippen molar-refractivity contribution in [2.45, 2.75) is 32.4 Å². The summed E-state index contributed by atoms with van der Waals surface area (Å²) in [6.45, 7) is 6.94. The zero-order chi connectivity index (χ0) is 11.7. The molecule has 0 spiro atoms. The van der Waals surface area contributed by atoms with Crippen LogP contribution in [0.3, 0.4) is 0 Å². The SMILES string of the molecule is CC1CNCC1CN(Cc1ccco1)C1CC1. The van der Waals surface area contributed by atoms with Gasteiger partial charge in [-0.1, -0.05) is 6.92 Å². The third kappa shape index (κ3) is 2.72. The largest absolute Gasteiger partial charge is 0.468 e. The van der Waals surface area contributed by atoms with E-state index in [9.17, 15) is 0 Å². The molecule has 1 aromatic rings. The minimum absolute atomic E-state index is 0.811. The molecular formula is C14H22N2O. The van der Waals surface area contributed by atoms with Crippen molar-refractivity contribution in [3.63, 3.8) is 0 Å². The molecule has 2 aliphatic rings. The summed E-state index contributed by atoms with van der Waals surface area (Å²) in [5.74, 6) is 2.73. The Balaban J connectivity index is 1.60. The second-order valence-electron chi connectivity index (χ2n) is 5.64. The second-order valence-corrected chi connectivity index (χ2v) is 5.64.